The maximum atomic E-state index is 13.4. The number of para-hydroxylation sites is 1. The average molecular weight is 500 g/mol. The Hall–Kier alpha value is -3.17. The van der Waals surface area contributed by atoms with Crippen molar-refractivity contribution in [1.82, 2.24) is 19.3 Å². The van der Waals surface area contributed by atoms with Gasteiger partial charge in [-0.2, -0.15) is 5.10 Å². The fraction of sp³-hybridized carbons (Fsp3) is 0.250. The van der Waals surface area contributed by atoms with Crippen LogP contribution in [0.4, 0.5) is 10.1 Å². The number of hydrogen-bond acceptors (Lipinski definition) is 5. The molecular formula is C24H23ClFN5O2S. The summed E-state index contributed by atoms with van der Waals surface area (Å²) in [5, 5.41) is 8.08. The molecule has 2 aromatic carbocycles. The van der Waals surface area contributed by atoms with Crippen LogP contribution in [0.1, 0.15) is 17.8 Å². The normalized spacial score (nSPS) is 11.2. The average Bonchev–Trinajstić information content (AvgIpc) is 3.13. The van der Waals surface area contributed by atoms with Crippen LogP contribution in [0.15, 0.2) is 58.5 Å². The first-order chi connectivity index (χ1) is 16.3. The van der Waals surface area contributed by atoms with Gasteiger partial charge in [0.1, 0.15) is 5.82 Å². The standard InChI is InChI=1S/C24H23ClFN5O2S/c1-15-12-16(2)31(29-15)11-5-10-30-23(33)18-6-3-4-7-21(18)28-24(30)34-14-22(32)27-17-8-9-20(26)19(25)13-17/h3-4,6-9,12-13H,5,10-11,14H2,1-2H3,(H,27,32). The van der Waals surface area contributed by atoms with E-state index in [1.807, 2.05) is 30.7 Å². The van der Waals surface area contributed by atoms with Gasteiger partial charge in [0.05, 0.1) is 27.4 Å². The van der Waals surface area contributed by atoms with Crippen LogP contribution in [0.25, 0.3) is 10.9 Å². The van der Waals surface area contributed by atoms with Crippen molar-refractivity contribution in [3.63, 3.8) is 0 Å². The molecule has 0 saturated heterocycles. The third kappa shape index (κ3) is 5.48. The van der Waals surface area contributed by atoms with Crippen LogP contribution in [0.5, 0.6) is 0 Å². The van der Waals surface area contributed by atoms with Gasteiger partial charge >= 0.3 is 0 Å². The van der Waals surface area contributed by atoms with Gasteiger partial charge in [-0.1, -0.05) is 35.5 Å². The molecule has 0 spiro atoms. The molecule has 176 valence electrons. The predicted octanol–water partition coefficient (Wildman–Crippen LogP) is 4.82. The van der Waals surface area contributed by atoms with Crippen molar-refractivity contribution in [2.24, 2.45) is 0 Å². The van der Waals surface area contributed by atoms with E-state index in [0.29, 0.717) is 41.3 Å². The van der Waals surface area contributed by atoms with E-state index in [1.54, 1.807) is 22.8 Å². The van der Waals surface area contributed by atoms with E-state index in [1.165, 1.54) is 30.0 Å². The number of carbonyl (C=O) groups excluding carboxylic acids is 1. The second-order valence-corrected chi connectivity index (χ2v) is 9.19. The Balaban J connectivity index is 1.51. The summed E-state index contributed by atoms with van der Waals surface area (Å²) in [5.74, 6) is -0.847. The first kappa shape index (κ1) is 24.0. The minimum Gasteiger partial charge on any atom is -0.325 e. The zero-order valence-corrected chi connectivity index (χ0v) is 20.3. The number of nitrogens with zero attached hydrogens (tertiary/aromatic N) is 4. The smallest absolute Gasteiger partial charge is 0.262 e. The highest BCUT2D eigenvalue weighted by Crippen LogP contribution is 2.21. The first-order valence-electron chi connectivity index (χ1n) is 10.7. The van der Waals surface area contributed by atoms with Gasteiger partial charge in [-0.25, -0.2) is 9.37 Å². The molecule has 0 aliphatic rings. The summed E-state index contributed by atoms with van der Waals surface area (Å²) < 4.78 is 16.9. The van der Waals surface area contributed by atoms with E-state index < -0.39 is 5.82 Å². The lowest BCUT2D eigenvalue weighted by Gasteiger charge is -2.13. The molecular weight excluding hydrogens is 477 g/mol. The summed E-state index contributed by atoms with van der Waals surface area (Å²) in [6.07, 6.45) is 0.676. The largest absolute Gasteiger partial charge is 0.325 e. The molecule has 0 fully saturated rings. The van der Waals surface area contributed by atoms with E-state index in [0.717, 1.165) is 11.4 Å². The van der Waals surface area contributed by atoms with Crippen LogP contribution in [0.2, 0.25) is 5.02 Å². The Bertz CT molecular complexity index is 1420. The molecule has 0 bridgehead atoms. The Labute approximate surface area is 205 Å². The predicted molar refractivity (Wildman–Crippen MR) is 133 cm³/mol. The number of amides is 1. The van der Waals surface area contributed by atoms with E-state index in [9.17, 15) is 14.0 Å². The fourth-order valence-corrected chi connectivity index (χ4v) is 4.64. The van der Waals surface area contributed by atoms with Gasteiger partial charge in [-0.3, -0.25) is 18.8 Å². The van der Waals surface area contributed by atoms with E-state index >= 15 is 0 Å². The summed E-state index contributed by atoms with van der Waals surface area (Å²) in [4.78, 5) is 30.3. The van der Waals surface area contributed by atoms with Crippen LogP contribution in [-0.4, -0.2) is 31.0 Å². The Kier molecular flexibility index (Phi) is 7.33. The molecule has 34 heavy (non-hydrogen) atoms. The van der Waals surface area contributed by atoms with Gasteiger partial charge in [-0.05, 0) is 56.7 Å². The number of carbonyl (C=O) groups is 1. The topological polar surface area (TPSA) is 81.8 Å². The molecule has 0 saturated carbocycles. The maximum absolute atomic E-state index is 13.4. The maximum Gasteiger partial charge on any atom is 0.262 e. The van der Waals surface area contributed by atoms with Crippen molar-refractivity contribution in [2.75, 3.05) is 11.1 Å². The van der Waals surface area contributed by atoms with Gasteiger partial charge in [0.15, 0.2) is 5.16 Å². The SMILES string of the molecule is Cc1cc(C)n(CCCn2c(SCC(=O)Nc3ccc(F)c(Cl)c3)nc3ccccc3c2=O)n1. The number of hydrogen-bond donors (Lipinski definition) is 1. The summed E-state index contributed by atoms with van der Waals surface area (Å²) in [6.45, 7) is 5.04. The first-order valence-corrected chi connectivity index (χ1v) is 12.1. The zero-order valence-electron chi connectivity index (χ0n) is 18.7. The molecule has 4 rings (SSSR count). The van der Waals surface area contributed by atoms with Crippen LogP contribution in [0, 0.1) is 19.7 Å². The van der Waals surface area contributed by atoms with Crippen molar-refractivity contribution in [2.45, 2.75) is 38.5 Å². The highest BCUT2D eigenvalue weighted by molar-refractivity contribution is 7.99. The Morgan fingerprint density at radius 3 is 2.68 bits per heavy atom. The lowest BCUT2D eigenvalue weighted by atomic mass is 10.2. The van der Waals surface area contributed by atoms with Crippen LogP contribution < -0.4 is 10.9 Å². The van der Waals surface area contributed by atoms with Gasteiger partial charge in [0, 0.05) is 24.5 Å². The number of halogens is 2. The summed E-state index contributed by atoms with van der Waals surface area (Å²) in [5.41, 5.74) is 2.84. The van der Waals surface area contributed by atoms with Crippen LogP contribution in [0.3, 0.4) is 0 Å². The molecule has 10 heteroatoms. The highest BCUT2D eigenvalue weighted by atomic mass is 35.5. The molecule has 4 aromatic rings. The molecule has 0 unspecified atom stereocenters. The van der Waals surface area contributed by atoms with E-state index in [4.69, 9.17) is 11.6 Å². The summed E-state index contributed by atoms with van der Waals surface area (Å²) >= 11 is 6.96. The molecule has 0 aliphatic heterocycles. The highest BCUT2D eigenvalue weighted by Gasteiger charge is 2.14. The Morgan fingerprint density at radius 1 is 1.15 bits per heavy atom. The van der Waals surface area contributed by atoms with Crippen molar-refractivity contribution in [3.05, 3.63) is 81.1 Å². The number of rotatable bonds is 8. The van der Waals surface area contributed by atoms with Gasteiger partial charge < -0.3 is 5.32 Å². The second kappa shape index (κ2) is 10.4. The van der Waals surface area contributed by atoms with E-state index in [-0.39, 0.29) is 22.2 Å². The molecule has 0 atom stereocenters. The Morgan fingerprint density at radius 2 is 1.94 bits per heavy atom. The minimum absolute atomic E-state index is 0.0250. The lowest BCUT2D eigenvalue weighted by molar-refractivity contribution is -0.113. The zero-order chi connectivity index (χ0) is 24.2. The van der Waals surface area contributed by atoms with Crippen molar-refractivity contribution in [3.8, 4) is 0 Å². The summed E-state index contributed by atoms with van der Waals surface area (Å²) in [6, 6.07) is 13.1. The molecule has 7 nitrogen and oxygen atoms in total. The minimum atomic E-state index is -0.557. The number of aromatic nitrogens is 4. The monoisotopic (exact) mass is 499 g/mol. The van der Waals surface area contributed by atoms with Crippen molar-refractivity contribution < 1.29 is 9.18 Å². The number of thioether (sulfide) groups is 1. The quantitative estimate of drug-likeness (QED) is 0.277. The van der Waals surface area contributed by atoms with Crippen molar-refractivity contribution >= 4 is 45.9 Å². The molecule has 2 heterocycles. The summed E-state index contributed by atoms with van der Waals surface area (Å²) in [7, 11) is 0. The second-order valence-electron chi connectivity index (χ2n) is 7.84. The molecule has 0 radical (unpaired) electrons. The van der Waals surface area contributed by atoms with Crippen LogP contribution in [-0.2, 0) is 17.9 Å². The number of aryl methyl sites for hydroxylation is 3. The third-order valence-electron chi connectivity index (χ3n) is 5.22. The van der Waals surface area contributed by atoms with Gasteiger partial charge in [-0.15, -0.1) is 0 Å². The van der Waals surface area contributed by atoms with Crippen LogP contribution >= 0.6 is 23.4 Å². The van der Waals surface area contributed by atoms with Crippen molar-refractivity contribution in [1.29, 1.82) is 0 Å². The van der Waals surface area contributed by atoms with Gasteiger partial charge in [0.25, 0.3) is 5.56 Å². The third-order valence-corrected chi connectivity index (χ3v) is 6.48. The molecule has 2 aromatic heterocycles. The number of nitrogens with one attached hydrogen (secondary N) is 1. The molecule has 1 N–H and O–H groups in total. The molecule has 1 amide bonds. The molecule has 0 aliphatic carbocycles. The lowest BCUT2D eigenvalue weighted by Crippen LogP contribution is -2.25. The number of fused-ring (bicyclic) bond motifs is 1. The number of anilines is 1. The fourth-order valence-electron chi connectivity index (χ4n) is 3.64. The van der Waals surface area contributed by atoms with E-state index in [2.05, 4.69) is 15.4 Å². The van der Waals surface area contributed by atoms with Gasteiger partial charge in [0.2, 0.25) is 5.91 Å². The number of benzene rings is 2.